The Morgan fingerprint density at radius 2 is 1.59 bits per heavy atom. The molecule has 124 valence electrons. The Labute approximate surface area is 139 Å². The molecule has 0 radical (unpaired) electrons. The van der Waals surface area contributed by atoms with E-state index in [0.717, 1.165) is 41.0 Å². The minimum atomic E-state index is -1.00. The lowest BCUT2D eigenvalue weighted by Crippen LogP contribution is -2.36. The molecule has 0 heterocycles. The van der Waals surface area contributed by atoms with Crippen LogP contribution in [0.1, 0.15) is 57.8 Å². The van der Waals surface area contributed by atoms with Crippen LogP contribution in [0.3, 0.4) is 0 Å². The molecule has 0 spiro atoms. The molecule has 0 aliphatic heterocycles. The Morgan fingerprint density at radius 3 is 2.36 bits per heavy atom. The first-order valence-corrected chi connectivity index (χ1v) is 13.7. The molecule has 0 nitrogen and oxygen atoms in total. The summed E-state index contributed by atoms with van der Waals surface area (Å²) in [7, 11) is -1.00. The monoisotopic (exact) mass is 316 g/mol. The standard InChI is InChI=1S/C21H36Si/c1-14-12-15-8-7-11-18-20(22(2,3)4)13-19(21(15)18)17-10-6-5-9-16(14)17/h15-21H,1,5-13H2,2-4H3. The van der Waals surface area contributed by atoms with Crippen LogP contribution in [0.2, 0.25) is 25.2 Å². The zero-order valence-electron chi connectivity index (χ0n) is 15.1. The molecule has 1 heteroatoms. The summed E-state index contributed by atoms with van der Waals surface area (Å²) in [4.78, 5) is 0. The highest BCUT2D eigenvalue weighted by molar-refractivity contribution is 6.77. The second kappa shape index (κ2) is 5.50. The summed E-state index contributed by atoms with van der Waals surface area (Å²) in [6.07, 6.45) is 13.6. The van der Waals surface area contributed by atoms with E-state index in [1.807, 2.05) is 0 Å². The Bertz CT molecular complexity index is 445. The van der Waals surface area contributed by atoms with Gasteiger partial charge in [-0.3, -0.25) is 0 Å². The van der Waals surface area contributed by atoms with E-state index in [2.05, 4.69) is 26.2 Å². The van der Waals surface area contributed by atoms with Crippen LogP contribution in [0.4, 0.5) is 0 Å². The third-order valence-electron chi connectivity index (χ3n) is 8.22. The van der Waals surface area contributed by atoms with Gasteiger partial charge in [0.1, 0.15) is 0 Å². The van der Waals surface area contributed by atoms with Gasteiger partial charge >= 0.3 is 0 Å². The van der Waals surface area contributed by atoms with Crippen molar-refractivity contribution in [2.75, 3.05) is 0 Å². The van der Waals surface area contributed by atoms with Gasteiger partial charge < -0.3 is 0 Å². The van der Waals surface area contributed by atoms with Crippen LogP contribution in [0, 0.1) is 35.5 Å². The fraction of sp³-hybridized carbons (Fsp3) is 0.905. The van der Waals surface area contributed by atoms with Crippen LogP contribution in [0.25, 0.3) is 0 Å². The largest absolute Gasteiger partial charge is 0.0996 e. The molecule has 0 saturated heterocycles. The smallest absolute Gasteiger partial charge is 0.0476 e. The number of hydrogen-bond acceptors (Lipinski definition) is 0. The minimum Gasteiger partial charge on any atom is -0.0996 e. The summed E-state index contributed by atoms with van der Waals surface area (Å²) >= 11 is 0. The fourth-order valence-corrected chi connectivity index (χ4v) is 10.1. The van der Waals surface area contributed by atoms with E-state index in [0.29, 0.717) is 0 Å². The Morgan fingerprint density at radius 1 is 0.864 bits per heavy atom. The Kier molecular flexibility index (Phi) is 3.87. The summed E-state index contributed by atoms with van der Waals surface area (Å²) in [5.41, 5.74) is 2.80. The van der Waals surface area contributed by atoms with E-state index < -0.39 is 8.07 Å². The first kappa shape index (κ1) is 15.5. The highest BCUT2D eigenvalue weighted by Gasteiger charge is 2.56. The molecule has 4 saturated carbocycles. The maximum Gasteiger partial charge on any atom is 0.0476 e. The molecular weight excluding hydrogens is 280 g/mol. The lowest BCUT2D eigenvalue weighted by atomic mass is 9.66. The van der Waals surface area contributed by atoms with Crippen molar-refractivity contribution in [3.63, 3.8) is 0 Å². The summed E-state index contributed by atoms with van der Waals surface area (Å²) in [6, 6.07) is 0. The van der Waals surface area contributed by atoms with E-state index in [4.69, 9.17) is 0 Å². The van der Waals surface area contributed by atoms with Gasteiger partial charge in [0.15, 0.2) is 0 Å². The number of hydrogen-bond donors (Lipinski definition) is 0. The van der Waals surface area contributed by atoms with Gasteiger partial charge in [-0.25, -0.2) is 0 Å². The topological polar surface area (TPSA) is 0 Å². The molecule has 0 bridgehead atoms. The van der Waals surface area contributed by atoms with Crippen LogP contribution >= 0.6 is 0 Å². The maximum atomic E-state index is 4.61. The van der Waals surface area contributed by atoms with Crippen molar-refractivity contribution in [1.82, 2.24) is 0 Å². The molecule has 22 heavy (non-hydrogen) atoms. The van der Waals surface area contributed by atoms with Crippen LogP contribution < -0.4 is 0 Å². The van der Waals surface area contributed by atoms with E-state index in [1.54, 1.807) is 18.4 Å². The molecule has 0 aromatic rings. The van der Waals surface area contributed by atoms with E-state index >= 15 is 0 Å². The number of allylic oxidation sites excluding steroid dienone is 1. The normalized spacial score (nSPS) is 48.5. The molecule has 0 aromatic carbocycles. The minimum absolute atomic E-state index is 0.908. The summed E-state index contributed by atoms with van der Waals surface area (Å²) in [5.74, 6) is 6.22. The van der Waals surface area contributed by atoms with E-state index in [9.17, 15) is 0 Å². The molecule has 0 aromatic heterocycles. The zero-order chi connectivity index (χ0) is 15.5. The van der Waals surface area contributed by atoms with Gasteiger partial charge in [-0.05, 0) is 73.2 Å². The predicted octanol–water partition coefficient (Wildman–Crippen LogP) is 6.51. The average molecular weight is 317 g/mol. The molecule has 0 N–H and O–H groups in total. The van der Waals surface area contributed by atoms with Crippen molar-refractivity contribution < 1.29 is 0 Å². The van der Waals surface area contributed by atoms with Crippen molar-refractivity contribution in [2.45, 2.75) is 83.0 Å². The van der Waals surface area contributed by atoms with Crippen molar-refractivity contribution in [2.24, 2.45) is 35.5 Å². The third-order valence-corrected chi connectivity index (χ3v) is 11.1. The molecule has 7 atom stereocenters. The molecular formula is C21H36Si. The lowest BCUT2D eigenvalue weighted by molar-refractivity contribution is 0.0984. The summed E-state index contributed by atoms with van der Waals surface area (Å²) in [6.45, 7) is 12.6. The van der Waals surface area contributed by atoms with Gasteiger partial charge in [0.2, 0.25) is 0 Å². The van der Waals surface area contributed by atoms with Crippen LogP contribution in [0.15, 0.2) is 12.2 Å². The van der Waals surface area contributed by atoms with Gasteiger partial charge in [0.05, 0.1) is 0 Å². The van der Waals surface area contributed by atoms with Crippen molar-refractivity contribution >= 4 is 8.07 Å². The molecule has 4 aliphatic carbocycles. The highest BCUT2D eigenvalue weighted by atomic mass is 28.3. The van der Waals surface area contributed by atoms with Gasteiger partial charge in [-0.2, -0.15) is 0 Å². The fourth-order valence-electron chi connectivity index (χ4n) is 7.47. The zero-order valence-corrected chi connectivity index (χ0v) is 16.1. The number of rotatable bonds is 1. The molecule has 7 unspecified atom stereocenters. The first-order chi connectivity index (χ1) is 10.5. The van der Waals surface area contributed by atoms with Gasteiger partial charge in [0, 0.05) is 8.07 Å². The molecule has 4 fully saturated rings. The van der Waals surface area contributed by atoms with Gasteiger partial charge in [0.25, 0.3) is 0 Å². The van der Waals surface area contributed by atoms with E-state index in [1.165, 1.54) is 44.9 Å². The SMILES string of the molecule is C=C1CC2CCCC3C2C(CC3[Si](C)(C)C)C2CCCCC12. The Hall–Kier alpha value is -0.0431. The number of fused-ring (bicyclic) bond motifs is 2. The third kappa shape index (κ3) is 2.37. The summed E-state index contributed by atoms with van der Waals surface area (Å²) < 4.78 is 0. The van der Waals surface area contributed by atoms with Crippen LogP contribution in [-0.4, -0.2) is 8.07 Å². The maximum absolute atomic E-state index is 4.61. The quantitative estimate of drug-likeness (QED) is 0.382. The molecule has 4 aliphatic rings. The van der Waals surface area contributed by atoms with Crippen molar-refractivity contribution in [3.8, 4) is 0 Å². The van der Waals surface area contributed by atoms with Crippen molar-refractivity contribution in [3.05, 3.63) is 12.2 Å². The highest BCUT2D eigenvalue weighted by Crippen LogP contribution is 2.64. The van der Waals surface area contributed by atoms with Crippen LogP contribution in [0.5, 0.6) is 0 Å². The van der Waals surface area contributed by atoms with Crippen LogP contribution in [-0.2, 0) is 0 Å². The van der Waals surface area contributed by atoms with Crippen molar-refractivity contribution in [1.29, 1.82) is 0 Å². The van der Waals surface area contributed by atoms with Gasteiger partial charge in [-0.15, -0.1) is 0 Å². The molecule has 4 rings (SSSR count). The second-order valence-corrected chi connectivity index (χ2v) is 15.7. The Balaban J connectivity index is 1.71. The summed E-state index contributed by atoms with van der Waals surface area (Å²) in [5, 5.41) is 0. The van der Waals surface area contributed by atoms with E-state index in [-0.39, 0.29) is 0 Å². The lowest BCUT2D eigenvalue weighted by Gasteiger charge is -2.41. The first-order valence-electron chi connectivity index (χ1n) is 10.1. The van der Waals surface area contributed by atoms with Gasteiger partial charge in [-0.1, -0.05) is 57.5 Å². The predicted molar refractivity (Wildman–Crippen MR) is 98.7 cm³/mol. The second-order valence-electron chi connectivity index (χ2n) is 10.2. The molecule has 0 amide bonds. The average Bonchev–Trinajstić information content (AvgIpc) is 2.82.